The molecule has 126 valence electrons. The predicted octanol–water partition coefficient (Wildman–Crippen LogP) is 4.15. The van der Waals surface area contributed by atoms with Gasteiger partial charge in [0.2, 0.25) is 0 Å². The first kappa shape index (κ1) is 16.5. The van der Waals surface area contributed by atoms with Gasteiger partial charge in [-0.25, -0.2) is 15.0 Å². The second kappa shape index (κ2) is 7.97. The van der Waals surface area contributed by atoms with E-state index in [-0.39, 0.29) is 0 Å². The van der Waals surface area contributed by atoms with Gasteiger partial charge in [0.1, 0.15) is 17.8 Å². The topological polar surface area (TPSA) is 88.8 Å². The Bertz CT molecular complexity index is 714. The van der Waals surface area contributed by atoms with Gasteiger partial charge in [-0.1, -0.05) is 23.3 Å². The molecule has 7 heteroatoms. The van der Waals surface area contributed by atoms with Crippen LogP contribution in [-0.4, -0.2) is 21.5 Å². The normalized spacial score (nSPS) is 14.1. The molecule has 0 aromatic carbocycles. The zero-order chi connectivity index (χ0) is 16.8. The zero-order valence-electron chi connectivity index (χ0n) is 13.4. The molecule has 2 heterocycles. The quantitative estimate of drug-likeness (QED) is 0.682. The van der Waals surface area contributed by atoms with E-state index in [1.54, 1.807) is 18.3 Å². The fraction of sp³-hybridized carbons (Fsp3) is 0.353. The van der Waals surface area contributed by atoms with E-state index < -0.39 is 0 Å². The molecule has 3 rings (SSSR count). The van der Waals surface area contributed by atoms with Gasteiger partial charge in [-0.3, -0.25) is 0 Å². The largest absolute Gasteiger partial charge is 0.393 e. The summed E-state index contributed by atoms with van der Waals surface area (Å²) in [6.07, 6.45) is 11.4. The van der Waals surface area contributed by atoms with Gasteiger partial charge in [-0.15, -0.1) is 0 Å². The third-order valence-corrected chi connectivity index (χ3v) is 4.20. The Morgan fingerprint density at radius 2 is 2.00 bits per heavy atom. The highest BCUT2D eigenvalue weighted by Crippen LogP contribution is 2.26. The van der Waals surface area contributed by atoms with Crippen LogP contribution in [0.2, 0.25) is 5.02 Å². The summed E-state index contributed by atoms with van der Waals surface area (Å²) in [5, 5.41) is 6.96. The van der Waals surface area contributed by atoms with Crippen molar-refractivity contribution >= 4 is 34.7 Å². The number of anilines is 4. The highest BCUT2D eigenvalue weighted by Gasteiger charge is 2.09. The lowest BCUT2D eigenvalue weighted by Gasteiger charge is -2.15. The van der Waals surface area contributed by atoms with Crippen molar-refractivity contribution in [2.75, 3.05) is 22.9 Å². The van der Waals surface area contributed by atoms with Crippen molar-refractivity contribution in [1.82, 2.24) is 15.0 Å². The van der Waals surface area contributed by atoms with Gasteiger partial charge in [-0.2, -0.15) is 0 Å². The van der Waals surface area contributed by atoms with Crippen LogP contribution in [0.1, 0.15) is 32.1 Å². The number of allylic oxidation sites excluding steroid dienone is 1. The van der Waals surface area contributed by atoms with Gasteiger partial charge < -0.3 is 16.4 Å². The minimum atomic E-state index is 0.479. The highest BCUT2D eigenvalue weighted by molar-refractivity contribution is 6.30. The summed E-state index contributed by atoms with van der Waals surface area (Å²) in [6, 6.07) is 3.53. The van der Waals surface area contributed by atoms with Crippen molar-refractivity contribution in [1.29, 1.82) is 0 Å². The molecule has 0 fully saturated rings. The molecule has 0 saturated heterocycles. The van der Waals surface area contributed by atoms with Gasteiger partial charge in [0.25, 0.3) is 0 Å². The first-order chi connectivity index (χ1) is 11.7. The van der Waals surface area contributed by atoms with Crippen LogP contribution in [0.5, 0.6) is 0 Å². The van der Waals surface area contributed by atoms with Crippen molar-refractivity contribution in [3.63, 3.8) is 0 Å². The second-order valence-corrected chi connectivity index (χ2v) is 6.19. The smallest absolute Gasteiger partial charge is 0.160 e. The van der Waals surface area contributed by atoms with Gasteiger partial charge in [0.15, 0.2) is 11.6 Å². The summed E-state index contributed by atoms with van der Waals surface area (Å²) in [7, 11) is 0. The van der Waals surface area contributed by atoms with Crippen LogP contribution in [0.15, 0.2) is 36.3 Å². The van der Waals surface area contributed by atoms with Crippen molar-refractivity contribution in [2.24, 2.45) is 0 Å². The molecule has 6 nitrogen and oxygen atoms in total. The van der Waals surface area contributed by atoms with E-state index in [0.29, 0.717) is 28.2 Å². The number of pyridine rings is 1. The predicted molar refractivity (Wildman–Crippen MR) is 98.6 cm³/mol. The van der Waals surface area contributed by atoms with Crippen molar-refractivity contribution in [3.05, 3.63) is 41.3 Å². The summed E-state index contributed by atoms with van der Waals surface area (Å²) in [6.45, 7) is 0.811. The van der Waals surface area contributed by atoms with Crippen LogP contribution in [-0.2, 0) is 0 Å². The second-order valence-electron chi connectivity index (χ2n) is 5.76. The Hall–Kier alpha value is -2.34. The molecule has 1 aliphatic carbocycles. The summed E-state index contributed by atoms with van der Waals surface area (Å²) < 4.78 is 0. The minimum Gasteiger partial charge on any atom is -0.393 e. The third-order valence-electron chi connectivity index (χ3n) is 3.98. The van der Waals surface area contributed by atoms with Crippen molar-refractivity contribution < 1.29 is 0 Å². The average Bonchev–Trinajstić information content (AvgIpc) is 2.61. The molecule has 4 N–H and O–H groups in total. The Morgan fingerprint density at radius 3 is 2.75 bits per heavy atom. The standard InChI is InChI=1S/C17H21ClN6/c18-13-6-7-14(21-10-13)24-17-15(19)16(22-11-23-17)20-9-8-12-4-2-1-3-5-12/h4,6-7,10-11H,1-3,5,8-9,19H2,(H2,20,21,22,23,24). The van der Waals surface area contributed by atoms with Crippen LogP contribution >= 0.6 is 11.6 Å². The van der Waals surface area contributed by atoms with Crippen LogP contribution in [0.4, 0.5) is 23.1 Å². The number of hydrogen-bond donors (Lipinski definition) is 3. The maximum Gasteiger partial charge on any atom is 0.160 e. The number of nitrogens with two attached hydrogens (primary N) is 1. The molecule has 0 saturated carbocycles. The number of nitrogen functional groups attached to an aromatic ring is 1. The number of nitrogens with zero attached hydrogens (tertiary/aromatic N) is 3. The summed E-state index contributed by atoms with van der Waals surface area (Å²) in [4.78, 5) is 12.6. The lowest BCUT2D eigenvalue weighted by Crippen LogP contribution is -2.10. The molecule has 24 heavy (non-hydrogen) atoms. The van der Waals surface area contributed by atoms with E-state index in [1.807, 2.05) is 0 Å². The molecular formula is C17H21ClN6. The van der Waals surface area contributed by atoms with Crippen LogP contribution < -0.4 is 16.4 Å². The lowest BCUT2D eigenvalue weighted by atomic mass is 9.97. The fourth-order valence-corrected chi connectivity index (χ4v) is 2.79. The lowest BCUT2D eigenvalue weighted by molar-refractivity contribution is 0.679. The van der Waals surface area contributed by atoms with Gasteiger partial charge >= 0.3 is 0 Å². The Balaban J connectivity index is 1.62. The average molecular weight is 345 g/mol. The van der Waals surface area contributed by atoms with Gasteiger partial charge in [0.05, 0.1) is 5.02 Å². The van der Waals surface area contributed by atoms with Gasteiger partial charge in [-0.05, 0) is 44.2 Å². The van der Waals surface area contributed by atoms with E-state index in [1.165, 1.54) is 37.6 Å². The molecular weight excluding hydrogens is 324 g/mol. The van der Waals surface area contributed by atoms with Crippen LogP contribution in [0.3, 0.4) is 0 Å². The molecule has 0 bridgehead atoms. The first-order valence-corrected chi connectivity index (χ1v) is 8.51. The Morgan fingerprint density at radius 1 is 1.12 bits per heavy atom. The monoisotopic (exact) mass is 344 g/mol. The Labute approximate surface area is 146 Å². The molecule has 0 amide bonds. The summed E-state index contributed by atoms with van der Waals surface area (Å²) in [5.41, 5.74) is 8.16. The highest BCUT2D eigenvalue weighted by atomic mass is 35.5. The Kier molecular flexibility index (Phi) is 5.48. The molecule has 0 unspecified atom stereocenters. The van der Waals surface area contributed by atoms with Gasteiger partial charge in [0, 0.05) is 12.7 Å². The number of nitrogens with one attached hydrogen (secondary N) is 2. The number of aromatic nitrogens is 3. The molecule has 2 aromatic rings. The van der Waals surface area contributed by atoms with E-state index in [9.17, 15) is 0 Å². The van der Waals surface area contributed by atoms with E-state index >= 15 is 0 Å². The number of hydrogen-bond acceptors (Lipinski definition) is 6. The van der Waals surface area contributed by atoms with E-state index in [0.717, 1.165) is 13.0 Å². The van der Waals surface area contributed by atoms with Crippen molar-refractivity contribution in [3.8, 4) is 0 Å². The van der Waals surface area contributed by atoms with Crippen LogP contribution in [0, 0.1) is 0 Å². The van der Waals surface area contributed by atoms with E-state index in [2.05, 4.69) is 31.7 Å². The molecule has 0 atom stereocenters. The van der Waals surface area contributed by atoms with E-state index in [4.69, 9.17) is 17.3 Å². The maximum absolute atomic E-state index is 6.16. The molecule has 0 radical (unpaired) electrons. The first-order valence-electron chi connectivity index (χ1n) is 8.13. The minimum absolute atomic E-state index is 0.479. The SMILES string of the molecule is Nc1c(NCCC2=CCCCC2)ncnc1Nc1ccc(Cl)cn1. The van der Waals surface area contributed by atoms with Crippen LogP contribution in [0.25, 0.3) is 0 Å². The summed E-state index contributed by atoms with van der Waals surface area (Å²) >= 11 is 5.84. The fourth-order valence-electron chi connectivity index (χ4n) is 2.68. The molecule has 0 aliphatic heterocycles. The summed E-state index contributed by atoms with van der Waals surface area (Å²) in [5.74, 6) is 1.79. The number of rotatable bonds is 6. The molecule has 0 spiro atoms. The van der Waals surface area contributed by atoms with Crippen molar-refractivity contribution in [2.45, 2.75) is 32.1 Å². The molecule has 1 aliphatic rings. The molecule has 2 aromatic heterocycles. The third kappa shape index (κ3) is 4.35. The zero-order valence-corrected chi connectivity index (χ0v) is 14.2. The maximum atomic E-state index is 6.16. The number of halogens is 1.